The van der Waals surface area contributed by atoms with Gasteiger partial charge in [-0.1, -0.05) is 72.8 Å². The number of benzene rings is 5. The van der Waals surface area contributed by atoms with Crippen LogP contribution in [0.2, 0.25) is 0 Å². The van der Waals surface area contributed by atoms with E-state index in [-0.39, 0.29) is 0 Å². The Morgan fingerprint density at radius 2 is 1.23 bits per heavy atom. The molecule has 0 atom stereocenters. The second kappa shape index (κ2) is 7.71. The third-order valence-corrected chi connectivity index (χ3v) is 7.23. The van der Waals surface area contributed by atoms with Crippen LogP contribution < -0.4 is 5.46 Å². The van der Waals surface area contributed by atoms with Crippen LogP contribution in [0.4, 0.5) is 0 Å². The molecule has 0 saturated heterocycles. The van der Waals surface area contributed by atoms with E-state index in [1.807, 2.05) is 18.2 Å². The van der Waals surface area contributed by atoms with Crippen LogP contribution in [0.5, 0.6) is 0 Å². The first-order valence-corrected chi connectivity index (χ1v) is 11.9. The lowest BCUT2D eigenvalue weighted by Crippen LogP contribution is -2.29. The Hall–Kier alpha value is -4.12. The molecule has 0 unspecified atom stereocenters. The topological polar surface area (TPSA) is 45.4 Å². The van der Waals surface area contributed by atoms with E-state index in [1.54, 1.807) is 6.07 Å². The van der Waals surface area contributed by atoms with Crippen LogP contribution in [-0.2, 0) is 6.42 Å². The third-order valence-electron chi connectivity index (χ3n) is 7.23. The third kappa shape index (κ3) is 3.15. The van der Waals surface area contributed by atoms with Crippen LogP contribution in [0.25, 0.3) is 49.7 Å². The van der Waals surface area contributed by atoms with Crippen molar-refractivity contribution in [2.75, 3.05) is 0 Å². The summed E-state index contributed by atoms with van der Waals surface area (Å²) in [5, 5.41) is 21.8. The Kier molecular flexibility index (Phi) is 4.46. The van der Waals surface area contributed by atoms with E-state index in [2.05, 4.69) is 89.5 Å². The second-order valence-corrected chi connectivity index (χ2v) is 9.26. The molecule has 7 rings (SSSR count). The van der Waals surface area contributed by atoms with E-state index in [4.69, 9.17) is 0 Å². The lowest BCUT2D eigenvalue weighted by atomic mass is 9.79. The first-order valence-electron chi connectivity index (χ1n) is 11.9. The maximum atomic E-state index is 9.66. The van der Waals surface area contributed by atoms with Gasteiger partial charge >= 0.3 is 7.12 Å². The molecule has 1 aliphatic rings. The Bertz CT molecular complexity index is 1750. The summed E-state index contributed by atoms with van der Waals surface area (Å²) in [4.78, 5) is 0. The molecule has 0 aliphatic heterocycles. The van der Waals surface area contributed by atoms with Crippen molar-refractivity contribution in [1.29, 1.82) is 0 Å². The van der Waals surface area contributed by atoms with E-state index in [1.165, 1.54) is 44.1 Å². The molecule has 4 heteroatoms. The molecule has 1 aliphatic carbocycles. The molecule has 5 aromatic carbocycles. The van der Waals surface area contributed by atoms with Gasteiger partial charge in [-0.2, -0.15) is 0 Å². The summed E-state index contributed by atoms with van der Waals surface area (Å²) in [6.45, 7) is 0. The van der Waals surface area contributed by atoms with Gasteiger partial charge in [-0.05, 0) is 81.7 Å². The van der Waals surface area contributed by atoms with Gasteiger partial charge in [0.2, 0.25) is 0 Å². The quantitative estimate of drug-likeness (QED) is 0.339. The summed E-state index contributed by atoms with van der Waals surface area (Å²) in [6, 6.07) is 38.1. The molecule has 0 saturated carbocycles. The standard InChI is InChI=1S/C31H22BNO2/c34-32(35)24-14-12-23-16-22-11-10-20(17-27(22)28(23)19-24)21-13-15-31-29(18-21)26-8-4-5-9-30(26)33(31)25-6-2-1-3-7-25/h1-15,17-19,34-35H,16H2. The van der Waals surface area contributed by atoms with Crippen molar-refractivity contribution < 1.29 is 10.0 Å². The average molecular weight is 451 g/mol. The van der Waals surface area contributed by atoms with Gasteiger partial charge in [-0.3, -0.25) is 0 Å². The van der Waals surface area contributed by atoms with Gasteiger partial charge < -0.3 is 14.6 Å². The van der Waals surface area contributed by atoms with Crippen LogP contribution in [0.15, 0.2) is 109 Å². The van der Waals surface area contributed by atoms with Crippen molar-refractivity contribution in [2.45, 2.75) is 6.42 Å². The predicted octanol–water partition coefficient (Wildman–Crippen LogP) is 5.70. The molecular formula is C31H22BNO2. The fourth-order valence-electron chi connectivity index (χ4n) is 5.53. The highest BCUT2D eigenvalue weighted by Crippen LogP contribution is 2.40. The number of para-hydroxylation sites is 2. The van der Waals surface area contributed by atoms with Crippen LogP contribution in [0.3, 0.4) is 0 Å². The molecule has 166 valence electrons. The van der Waals surface area contributed by atoms with Crippen LogP contribution in [-0.4, -0.2) is 21.7 Å². The minimum atomic E-state index is -1.46. The van der Waals surface area contributed by atoms with Gasteiger partial charge in [-0.25, -0.2) is 0 Å². The Labute approximate surface area is 203 Å². The maximum absolute atomic E-state index is 9.66. The number of hydrogen-bond acceptors (Lipinski definition) is 2. The summed E-state index contributed by atoms with van der Waals surface area (Å²) >= 11 is 0. The minimum absolute atomic E-state index is 0.525. The van der Waals surface area contributed by atoms with Gasteiger partial charge in [-0.15, -0.1) is 0 Å². The molecule has 2 N–H and O–H groups in total. The molecule has 1 heterocycles. The fraction of sp³-hybridized carbons (Fsp3) is 0.0323. The lowest BCUT2D eigenvalue weighted by molar-refractivity contribution is 0.426. The Balaban J connectivity index is 1.40. The van der Waals surface area contributed by atoms with Gasteiger partial charge in [0.05, 0.1) is 11.0 Å². The predicted molar refractivity (Wildman–Crippen MR) is 144 cm³/mol. The van der Waals surface area contributed by atoms with Gasteiger partial charge in [0, 0.05) is 16.5 Å². The zero-order chi connectivity index (χ0) is 23.5. The maximum Gasteiger partial charge on any atom is 0.488 e. The number of fused-ring (bicyclic) bond motifs is 6. The van der Waals surface area contributed by atoms with E-state index in [9.17, 15) is 10.0 Å². The molecular weight excluding hydrogens is 429 g/mol. The number of hydrogen-bond donors (Lipinski definition) is 2. The van der Waals surface area contributed by atoms with Crippen LogP contribution >= 0.6 is 0 Å². The van der Waals surface area contributed by atoms with E-state index in [0.29, 0.717) is 5.46 Å². The normalized spacial score (nSPS) is 12.2. The van der Waals surface area contributed by atoms with E-state index >= 15 is 0 Å². The van der Waals surface area contributed by atoms with Crippen LogP contribution in [0, 0.1) is 0 Å². The molecule has 3 nitrogen and oxygen atoms in total. The van der Waals surface area contributed by atoms with E-state index < -0.39 is 7.12 Å². The largest absolute Gasteiger partial charge is 0.488 e. The van der Waals surface area contributed by atoms with Crippen molar-refractivity contribution in [1.82, 2.24) is 4.57 Å². The fourth-order valence-corrected chi connectivity index (χ4v) is 5.53. The number of aromatic nitrogens is 1. The van der Waals surface area contributed by atoms with E-state index in [0.717, 1.165) is 23.2 Å². The first-order chi connectivity index (χ1) is 17.2. The zero-order valence-corrected chi connectivity index (χ0v) is 19.0. The summed E-state index contributed by atoms with van der Waals surface area (Å²) < 4.78 is 2.33. The summed E-state index contributed by atoms with van der Waals surface area (Å²) in [6.07, 6.45) is 0.871. The highest BCUT2D eigenvalue weighted by Gasteiger charge is 2.22. The highest BCUT2D eigenvalue weighted by molar-refractivity contribution is 6.58. The molecule has 0 fully saturated rings. The summed E-state index contributed by atoms with van der Waals surface area (Å²) in [5.74, 6) is 0. The van der Waals surface area contributed by atoms with Gasteiger partial charge in [0.15, 0.2) is 0 Å². The minimum Gasteiger partial charge on any atom is -0.423 e. The van der Waals surface area contributed by atoms with Crippen molar-refractivity contribution in [3.05, 3.63) is 120 Å². The molecule has 0 spiro atoms. The van der Waals surface area contributed by atoms with Crippen molar-refractivity contribution in [3.63, 3.8) is 0 Å². The second-order valence-electron chi connectivity index (χ2n) is 9.26. The lowest BCUT2D eigenvalue weighted by Gasteiger charge is -2.09. The Morgan fingerprint density at radius 3 is 2.06 bits per heavy atom. The molecule has 35 heavy (non-hydrogen) atoms. The number of rotatable bonds is 3. The molecule has 0 bridgehead atoms. The SMILES string of the molecule is OB(O)c1ccc2c(c1)-c1cc(-c3ccc4c(c3)c3ccccc3n4-c3ccccc3)ccc1C2. The highest BCUT2D eigenvalue weighted by atomic mass is 16.4. The molecule has 1 aromatic heterocycles. The monoisotopic (exact) mass is 451 g/mol. The van der Waals surface area contributed by atoms with Crippen LogP contribution in [0.1, 0.15) is 11.1 Å². The smallest absolute Gasteiger partial charge is 0.423 e. The summed E-state index contributed by atoms with van der Waals surface area (Å²) in [7, 11) is -1.46. The van der Waals surface area contributed by atoms with Gasteiger partial charge in [0.1, 0.15) is 0 Å². The average Bonchev–Trinajstić information content (AvgIpc) is 3.43. The number of nitrogens with zero attached hydrogens (tertiary/aromatic N) is 1. The molecule has 0 amide bonds. The van der Waals surface area contributed by atoms with Crippen molar-refractivity contribution in [3.8, 4) is 27.9 Å². The molecule has 0 radical (unpaired) electrons. The first kappa shape index (κ1) is 20.3. The van der Waals surface area contributed by atoms with Crippen molar-refractivity contribution in [2.24, 2.45) is 0 Å². The molecule has 6 aromatic rings. The van der Waals surface area contributed by atoms with Crippen molar-refractivity contribution >= 4 is 34.4 Å². The van der Waals surface area contributed by atoms with Gasteiger partial charge in [0.25, 0.3) is 0 Å². The summed E-state index contributed by atoms with van der Waals surface area (Å²) in [5.41, 5.74) is 11.2. The zero-order valence-electron chi connectivity index (χ0n) is 19.0. The Morgan fingerprint density at radius 1 is 0.571 bits per heavy atom.